The van der Waals surface area contributed by atoms with Crippen LogP contribution in [0.1, 0.15) is 43.1 Å². The highest BCUT2D eigenvalue weighted by atomic mass is 19.3. The van der Waals surface area contributed by atoms with Crippen molar-refractivity contribution >= 4 is 11.4 Å². The quantitative estimate of drug-likeness (QED) is 0.118. The van der Waals surface area contributed by atoms with Gasteiger partial charge in [0.25, 0.3) is 0 Å². The van der Waals surface area contributed by atoms with Crippen LogP contribution in [0.5, 0.6) is 0 Å². The minimum absolute atomic E-state index is 0.215. The molecule has 8 rings (SSSR count). The second kappa shape index (κ2) is 17.5. The van der Waals surface area contributed by atoms with E-state index in [-0.39, 0.29) is 17.8 Å². The molecule has 3 atom stereocenters. The van der Waals surface area contributed by atoms with E-state index >= 15 is 8.78 Å². The number of hydrogen-bond acceptors (Lipinski definition) is 10. The molecule has 0 amide bonds. The van der Waals surface area contributed by atoms with E-state index in [1.807, 2.05) is 92.7 Å². The molecule has 0 aliphatic carbocycles. The molecule has 1 N–H and O–H groups in total. The summed E-state index contributed by atoms with van der Waals surface area (Å²) in [4.78, 5) is 22.2. The number of nitrogens with zero attached hydrogens (tertiary/aromatic N) is 10. The number of rotatable bonds is 15. The van der Waals surface area contributed by atoms with Gasteiger partial charge in [-0.1, -0.05) is 73.7 Å². The molecular weight excluding hydrogens is 786 g/mol. The first-order chi connectivity index (χ1) is 29.6. The summed E-state index contributed by atoms with van der Waals surface area (Å²) in [5.41, 5.74) is 0.629. The van der Waals surface area contributed by atoms with Gasteiger partial charge in [0.15, 0.2) is 5.60 Å². The maximum atomic E-state index is 16.2. The number of pyridine rings is 1. The van der Waals surface area contributed by atoms with Crippen LogP contribution in [0.4, 0.5) is 24.5 Å². The van der Waals surface area contributed by atoms with Crippen molar-refractivity contribution in [1.29, 1.82) is 0 Å². The number of hydrogen-bond donors (Lipinski definition) is 1. The Bertz CT molecular complexity index is 2560. The van der Waals surface area contributed by atoms with Crippen molar-refractivity contribution < 1.29 is 23.0 Å². The fourth-order valence-electron chi connectivity index (χ4n) is 7.85. The molecule has 0 bridgehead atoms. The zero-order valence-electron chi connectivity index (χ0n) is 33.7. The molecule has 3 aromatic heterocycles. The summed E-state index contributed by atoms with van der Waals surface area (Å²) in [6.07, 6.45) is 4.42. The fourth-order valence-corrected chi connectivity index (χ4v) is 7.85. The Balaban J connectivity index is 0.883. The average molecular weight is 831 g/mol. The van der Waals surface area contributed by atoms with Crippen molar-refractivity contribution in [2.75, 3.05) is 36.0 Å². The lowest BCUT2D eigenvalue weighted by Gasteiger charge is -2.37. The van der Waals surface area contributed by atoms with E-state index < -0.39 is 35.1 Å². The number of ether oxygens (including phenoxy) is 1. The lowest BCUT2D eigenvalue weighted by molar-refractivity contribution is -0.207. The molecule has 16 heteroatoms. The Kier molecular flexibility index (Phi) is 11.8. The smallest absolute Gasteiger partial charge is 0.350 e. The van der Waals surface area contributed by atoms with Crippen LogP contribution in [0.25, 0.3) is 16.8 Å². The van der Waals surface area contributed by atoms with Gasteiger partial charge in [0.2, 0.25) is 0 Å². The Morgan fingerprint density at radius 3 is 2.02 bits per heavy atom. The maximum absolute atomic E-state index is 16.2. The van der Waals surface area contributed by atoms with Crippen LogP contribution in [0.15, 0.2) is 139 Å². The summed E-state index contributed by atoms with van der Waals surface area (Å²) in [6, 6.07) is 32.9. The first kappa shape index (κ1) is 41.1. The average Bonchev–Trinajstić information content (AvgIpc) is 3.96. The summed E-state index contributed by atoms with van der Waals surface area (Å²) in [7, 11) is 0. The predicted molar refractivity (Wildman–Crippen MR) is 224 cm³/mol. The predicted octanol–water partition coefficient (Wildman–Crippen LogP) is 6.78. The highest BCUT2D eigenvalue weighted by molar-refractivity contribution is 5.66. The molecule has 1 fully saturated rings. The first-order valence-corrected chi connectivity index (χ1v) is 20.1. The van der Waals surface area contributed by atoms with Gasteiger partial charge in [0.1, 0.15) is 24.2 Å². The summed E-state index contributed by atoms with van der Waals surface area (Å²) in [6.45, 7) is 6.75. The molecule has 4 aromatic carbocycles. The summed E-state index contributed by atoms with van der Waals surface area (Å²) in [5.74, 6) is -5.03. The van der Waals surface area contributed by atoms with Gasteiger partial charge in [-0.05, 0) is 83.4 Å². The van der Waals surface area contributed by atoms with E-state index in [1.165, 1.54) is 29.1 Å². The molecule has 0 saturated carbocycles. The number of anilines is 2. The van der Waals surface area contributed by atoms with Crippen molar-refractivity contribution in [3.05, 3.63) is 167 Å². The van der Waals surface area contributed by atoms with Crippen LogP contribution in [0, 0.1) is 5.82 Å². The molecular formula is C45H45F3N10O3. The largest absolute Gasteiger partial charge is 0.377 e. The summed E-state index contributed by atoms with van der Waals surface area (Å²) in [5, 5.41) is 26.5. The monoisotopic (exact) mass is 830 g/mol. The molecule has 13 nitrogen and oxygen atoms in total. The van der Waals surface area contributed by atoms with Gasteiger partial charge < -0.3 is 19.6 Å². The van der Waals surface area contributed by atoms with E-state index in [9.17, 15) is 14.3 Å². The van der Waals surface area contributed by atoms with E-state index in [0.29, 0.717) is 18.6 Å². The van der Waals surface area contributed by atoms with Gasteiger partial charge in [-0.2, -0.15) is 13.9 Å². The van der Waals surface area contributed by atoms with Crippen LogP contribution in [-0.2, 0) is 29.4 Å². The summed E-state index contributed by atoms with van der Waals surface area (Å²) >= 11 is 0. The first-order valence-electron chi connectivity index (χ1n) is 20.1. The maximum Gasteiger partial charge on any atom is 0.350 e. The lowest BCUT2D eigenvalue weighted by atomic mass is 9.84. The van der Waals surface area contributed by atoms with Crippen molar-refractivity contribution in [1.82, 2.24) is 39.5 Å². The van der Waals surface area contributed by atoms with Gasteiger partial charge >= 0.3 is 11.6 Å². The van der Waals surface area contributed by atoms with Gasteiger partial charge in [0.05, 0.1) is 31.0 Å². The van der Waals surface area contributed by atoms with Crippen LogP contribution < -0.4 is 15.5 Å². The molecule has 1 saturated heterocycles. The number of halogens is 3. The highest BCUT2D eigenvalue weighted by Gasteiger charge is 2.57. The third kappa shape index (κ3) is 8.41. The molecule has 61 heavy (non-hydrogen) atoms. The number of aromatic nitrogens is 8. The molecule has 0 spiro atoms. The van der Waals surface area contributed by atoms with E-state index in [1.54, 1.807) is 10.9 Å². The van der Waals surface area contributed by atoms with Crippen molar-refractivity contribution in [2.45, 2.75) is 57.1 Å². The van der Waals surface area contributed by atoms with E-state index in [4.69, 9.17) is 4.74 Å². The fraction of sp³-hybridized carbons (Fsp3) is 0.289. The normalized spacial score (nSPS) is 15.4. The Morgan fingerprint density at radius 1 is 0.787 bits per heavy atom. The molecule has 1 aliphatic rings. The third-order valence-corrected chi connectivity index (χ3v) is 11.4. The van der Waals surface area contributed by atoms with Crippen molar-refractivity contribution in [3.8, 4) is 16.8 Å². The minimum atomic E-state index is -4.03. The van der Waals surface area contributed by atoms with Crippen molar-refractivity contribution in [2.24, 2.45) is 0 Å². The topological polar surface area (TPSA) is 132 Å². The van der Waals surface area contributed by atoms with Gasteiger partial charge in [-0.3, -0.25) is 4.98 Å². The second-order valence-corrected chi connectivity index (χ2v) is 15.1. The molecule has 314 valence electrons. The highest BCUT2D eigenvalue weighted by Crippen LogP contribution is 2.46. The zero-order valence-corrected chi connectivity index (χ0v) is 33.7. The standard InChI is InChI=1S/C45H45F3N10O3/c1-3-41(32(2)61-28-33-9-5-4-6-10-33)58-43(59)57(31-51-58)38-20-18-37(19-21-38)55-25-23-54(24-26-55)36-16-13-34(14-17-36)35-15-22-42(49-27-35)45(47,48)44(60,29-56-30-50-52-53-56)39-11-7-8-12-40(39)46/h4-22,27,30-32,41,60H,3,23-26,28-29H2,1-2H3. The van der Waals surface area contributed by atoms with Crippen LogP contribution in [0.3, 0.4) is 0 Å². The number of piperazine rings is 1. The number of aliphatic hydroxyl groups is 1. The zero-order chi connectivity index (χ0) is 42.6. The van der Waals surface area contributed by atoms with Crippen LogP contribution in [0.2, 0.25) is 0 Å². The Morgan fingerprint density at radius 2 is 1.41 bits per heavy atom. The Labute approximate surface area is 350 Å². The van der Waals surface area contributed by atoms with Gasteiger partial charge in [-0.15, -0.1) is 5.10 Å². The molecule has 0 radical (unpaired) electrons. The van der Waals surface area contributed by atoms with Crippen LogP contribution in [-0.4, -0.2) is 76.9 Å². The van der Waals surface area contributed by atoms with E-state index in [2.05, 4.69) is 35.4 Å². The SMILES string of the molecule is CCC(C(C)OCc1ccccc1)n1ncn(-c2ccc(N3CCN(c4ccc(-c5ccc(C(F)(F)C(O)(Cn6cnnn6)c6ccccc6F)nc5)cc4)CC3)cc2)c1=O. The second-order valence-electron chi connectivity index (χ2n) is 15.1. The molecule has 7 aromatic rings. The van der Waals surface area contributed by atoms with Crippen LogP contribution >= 0.6 is 0 Å². The lowest BCUT2D eigenvalue weighted by Crippen LogP contribution is -2.48. The number of benzene rings is 4. The molecule has 1 aliphatic heterocycles. The van der Waals surface area contributed by atoms with Gasteiger partial charge in [0, 0.05) is 54.9 Å². The summed E-state index contributed by atoms with van der Waals surface area (Å²) < 4.78 is 57.5. The Hall–Kier alpha value is -6.65. The molecule has 4 heterocycles. The third-order valence-electron chi connectivity index (χ3n) is 11.4. The number of tetrazole rings is 1. The van der Waals surface area contributed by atoms with E-state index in [0.717, 1.165) is 83.6 Å². The minimum Gasteiger partial charge on any atom is -0.377 e. The van der Waals surface area contributed by atoms with Gasteiger partial charge in [-0.25, -0.2) is 23.1 Å². The number of alkyl halides is 2. The van der Waals surface area contributed by atoms with Crippen molar-refractivity contribution in [3.63, 3.8) is 0 Å². The molecule has 3 unspecified atom stereocenters.